The van der Waals surface area contributed by atoms with Gasteiger partial charge < -0.3 is 25.4 Å². The molecule has 1 saturated heterocycles. The third-order valence-electron chi connectivity index (χ3n) is 7.10. The van der Waals surface area contributed by atoms with Gasteiger partial charge in [0.25, 0.3) is 0 Å². The molecule has 4 heterocycles. The predicted octanol–water partition coefficient (Wildman–Crippen LogP) is 4.76. The molecule has 3 aromatic rings. The lowest BCUT2D eigenvalue weighted by atomic mass is 9.88. The minimum Gasteiger partial charge on any atom is -0.497 e. The Kier molecular flexibility index (Phi) is 12.8. The highest BCUT2D eigenvalue weighted by atomic mass is 35.5. The van der Waals surface area contributed by atoms with Crippen LogP contribution in [0.1, 0.15) is 24.1 Å². The lowest BCUT2D eigenvalue weighted by Gasteiger charge is -2.41. The maximum Gasteiger partial charge on any atom is 0.235 e. The molecule has 2 aliphatic rings. The van der Waals surface area contributed by atoms with Crippen LogP contribution in [0, 0.1) is 0 Å². The molecule has 0 unspecified atom stereocenters. The predicted molar refractivity (Wildman–Crippen MR) is 165 cm³/mol. The summed E-state index contributed by atoms with van der Waals surface area (Å²) in [6.45, 7) is 3.23. The fourth-order valence-electron chi connectivity index (χ4n) is 4.83. The lowest BCUT2D eigenvalue weighted by Crippen LogP contribution is -2.55. The quantitative estimate of drug-likeness (QED) is 0.326. The highest BCUT2D eigenvalue weighted by Crippen LogP contribution is 2.31. The maximum absolute atomic E-state index is 11.7. The van der Waals surface area contributed by atoms with E-state index in [0.29, 0.717) is 23.1 Å². The van der Waals surface area contributed by atoms with Gasteiger partial charge in [-0.2, -0.15) is 0 Å². The van der Waals surface area contributed by atoms with E-state index in [1.54, 1.807) is 13.3 Å². The smallest absolute Gasteiger partial charge is 0.235 e. The number of thioether (sulfide) groups is 1. The summed E-state index contributed by atoms with van der Waals surface area (Å²) in [5, 5.41) is 18.3. The summed E-state index contributed by atoms with van der Waals surface area (Å²) < 4.78 is 5.40. The number of nitrogens with one attached hydrogen (secondary N) is 2. The molecule has 1 fully saturated rings. The normalized spacial score (nSPS) is 16.2. The number of amides is 1. The SMILES string of the molecule is COc1ccc2ncc(Cl)c(CCN3CCC(CO)(NCc4ccc5c(n4)NC(=O)CS5)CC3)c2c1.Cl.Cl.Cl. The number of hydrogen-bond donors (Lipinski definition) is 3. The number of hydrogen-bond acceptors (Lipinski definition) is 8. The van der Waals surface area contributed by atoms with Gasteiger partial charge in [0.1, 0.15) is 11.6 Å². The summed E-state index contributed by atoms with van der Waals surface area (Å²) >= 11 is 8.04. The number of carbonyl (C=O) groups excluding carboxylic acids is 1. The van der Waals surface area contributed by atoms with Gasteiger partial charge in [-0.3, -0.25) is 9.78 Å². The number of rotatable bonds is 8. The van der Waals surface area contributed by atoms with Crippen molar-refractivity contribution in [3.05, 3.63) is 52.8 Å². The van der Waals surface area contributed by atoms with Crippen LogP contribution in [0.25, 0.3) is 10.9 Å². The number of aliphatic hydroxyl groups excluding tert-OH is 1. The topological polar surface area (TPSA) is 99.6 Å². The van der Waals surface area contributed by atoms with Crippen LogP contribution < -0.4 is 15.4 Å². The van der Waals surface area contributed by atoms with Crippen molar-refractivity contribution in [1.29, 1.82) is 0 Å². The molecule has 0 radical (unpaired) electrons. The number of ether oxygens (including phenoxy) is 1. The van der Waals surface area contributed by atoms with Crippen LogP contribution in [-0.2, 0) is 17.8 Å². The van der Waals surface area contributed by atoms with Crippen molar-refractivity contribution >= 4 is 83.2 Å². The highest BCUT2D eigenvalue weighted by Gasteiger charge is 2.33. The van der Waals surface area contributed by atoms with Gasteiger partial charge in [-0.1, -0.05) is 11.6 Å². The van der Waals surface area contributed by atoms with Gasteiger partial charge in [-0.25, -0.2) is 4.98 Å². The Labute approximate surface area is 256 Å². The Bertz CT molecular complexity index is 1280. The lowest BCUT2D eigenvalue weighted by molar-refractivity contribution is -0.113. The number of aromatic nitrogens is 2. The zero-order valence-corrected chi connectivity index (χ0v) is 25.5. The van der Waals surface area contributed by atoms with Gasteiger partial charge in [0.2, 0.25) is 5.91 Å². The van der Waals surface area contributed by atoms with Crippen LogP contribution in [0.3, 0.4) is 0 Å². The second-order valence-corrected chi connectivity index (χ2v) is 10.8. The molecule has 2 aromatic heterocycles. The number of anilines is 1. The zero-order valence-electron chi connectivity index (χ0n) is 21.4. The first kappa shape index (κ1) is 33.6. The largest absolute Gasteiger partial charge is 0.497 e. The van der Waals surface area contributed by atoms with Crippen molar-refractivity contribution in [3.63, 3.8) is 0 Å². The van der Waals surface area contributed by atoms with Gasteiger partial charge in [-0.05, 0) is 68.2 Å². The van der Waals surface area contributed by atoms with Crippen molar-refractivity contribution in [2.24, 2.45) is 0 Å². The van der Waals surface area contributed by atoms with Gasteiger partial charge in [0.05, 0.1) is 40.6 Å². The van der Waals surface area contributed by atoms with E-state index in [-0.39, 0.29) is 55.3 Å². The molecule has 5 rings (SSSR count). The van der Waals surface area contributed by atoms with Crippen molar-refractivity contribution in [3.8, 4) is 5.75 Å². The summed E-state index contributed by atoms with van der Waals surface area (Å²) in [6, 6.07) is 9.85. The molecule has 0 bridgehead atoms. The summed E-state index contributed by atoms with van der Waals surface area (Å²) in [4.78, 5) is 24.1. The molecular weight excluding hydrogens is 604 g/mol. The first-order valence-electron chi connectivity index (χ1n) is 12.1. The van der Waals surface area contributed by atoms with E-state index in [1.807, 2.05) is 30.3 Å². The Balaban J connectivity index is 0.00000178. The monoisotopic (exact) mass is 635 g/mol. The number of piperidine rings is 1. The van der Waals surface area contributed by atoms with E-state index < -0.39 is 0 Å². The standard InChI is InChI=1S/C26H30ClN5O3S.3ClH/c1-35-18-3-4-22-20(12-18)19(21(27)14-28-22)6-9-32-10-7-26(16-33,8-11-32)29-13-17-2-5-23-25(30-17)31-24(34)15-36-23;;;/h2-5,12,14,29,33H,6-11,13,15-16H2,1H3,(H,30,31,34);3*1H. The molecule has 1 aromatic carbocycles. The minimum atomic E-state index is -0.347. The molecule has 8 nitrogen and oxygen atoms in total. The first-order chi connectivity index (χ1) is 17.5. The molecule has 0 saturated carbocycles. The number of benzene rings is 1. The number of methoxy groups -OCH3 is 1. The number of likely N-dealkylation sites (tertiary alicyclic amines) is 1. The van der Waals surface area contributed by atoms with Gasteiger partial charge in [-0.15, -0.1) is 49.0 Å². The second-order valence-electron chi connectivity index (χ2n) is 9.34. The molecule has 214 valence electrons. The van der Waals surface area contributed by atoms with Crippen molar-refractivity contribution in [2.45, 2.75) is 36.2 Å². The number of fused-ring (bicyclic) bond motifs is 2. The first-order valence-corrected chi connectivity index (χ1v) is 13.5. The Morgan fingerprint density at radius 2 is 1.97 bits per heavy atom. The molecule has 13 heteroatoms. The number of nitrogens with zero attached hydrogens (tertiary/aromatic N) is 3. The van der Waals surface area contributed by atoms with Gasteiger partial charge >= 0.3 is 0 Å². The Morgan fingerprint density at radius 1 is 1.21 bits per heavy atom. The summed E-state index contributed by atoms with van der Waals surface area (Å²) in [5.41, 5.74) is 2.50. The second kappa shape index (κ2) is 14.9. The fraction of sp³-hybridized carbons (Fsp3) is 0.423. The van der Waals surface area contributed by atoms with Crippen molar-refractivity contribution in [2.75, 3.05) is 44.4 Å². The summed E-state index contributed by atoms with van der Waals surface area (Å²) in [6.07, 6.45) is 4.20. The summed E-state index contributed by atoms with van der Waals surface area (Å²) in [5.74, 6) is 1.82. The Hall–Kier alpha value is -1.56. The molecular formula is C26H33Cl4N5O3S. The van der Waals surface area contributed by atoms with Crippen LogP contribution in [0.4, 0.5) is 5.82 Å². The van der Waals surface area contributed by atoms with E-state index >= 15 is 0 Å². The molecule has 39 heavy (non-hydrogen) atoms. The van der Waals surface area contributed by atoms with Crippen molar-refractivity contribution < 1.29 is 14.6 Å². The molecule has 2 aliphatic heterocycles. The van der Waals surface area contributed by atoms with Crippen LogP contribution in [-0.4, -0.2) is 70.5 Å². The average molecular weight is 637 g/mol. The third kappa shape index (κ3) is 7.80. The van der Waals surface area contributed by atoms with E-state index in [1.165, 1.54) is 11.8 Å². The molecule has 3 N–H and O–H groups in total. The number of pyridine rings is 2. The van der Waals surface area contributed by atoms with E-state index in [4.69, 9.17) is 16.3 Å². The number of carbonyl (C=O) groups is 1. The van der Waals surface area contributed by atoms with Crippen LogP contribution in [0.5, 0.6) is 5.75 Å². The van der Waals surface area contributed by atoms with E-state index in [9.17, 15) is 9.90 Å². The highest BCUT2D eigenvalue weighted by molar-refractivity contribution is 8.00. The molecule has 0 atom stereocenters. The van der Waals surface area contributed by atoms with Crippen LogP contribution >= 0.6 is 60.6 Å². The molecule has 1 amide bonds. The van der Waals surface area contributed by atoms with Crippen LogP contribution in [0.15, 0.2) is 41.4 Å². The third-order valence-corrected chi connectivity index (χ3v) is 8.48. The molecule has 0 spiro atoms. The Morgan fingerprint density at radius 3 is 2.69 bits per heavy atom. The van der Waals surface area contributed by atoms with Gasteiger partial charge in [0, 0.05) is 30.2 Å². The number of aliphatic hydroxyl groups is 1. The van der Waals surface area contributed by atoms with Crippen LogP contribution in [0.2, 0.25) is 5.02 Å². The fourth-order valence-corrected chi connectivity index (χ4v) is 5.83. The zero-order chi connectivity index (χ0) is 25.1. The van der Waals surface area contributed by atoms with E-state index in [0.717, 1.165) is 71.7 Å². The maximum atomic E-state index is 11.7. The molecule has 0 aliphatic carbocycles. The van der Waals surface area contributed by atoms with E-state index in [2.05, 4.69) is 25.5 Å². The average Bonchev–Trinajstić information content (AvgIpc) is 2.91. The number of halogens is 4. The van der Waals surface area contributed by atoms with Gasteiger partial charge in [0.15, 0.2) is 0 Å². The summed E-state index contributed by atoms with van der Waals surface area (Å²) in [7, 11) is 1.66. The van der Waals surface area contributed by atoms with Crippen molar-refractivity contribution in [1.82, 2.24) is 20.2 Å². The minimum absolute atomic E-state index is 0.